The van der Waals surface area contributed by atoms with E-state index >= 15 is 0 Å². The van der Waals surface area contributed by atoms with Crippen molar-refractivity contribution in [3.8, 4) is 11.5 Å². The number of aryl methyl sites for hydroxylation is 1. The molecular weight excluding hydrogens is 364 g/mol. The highest BCUT2D eigenvalue weighted by Gasteiger charge is 2.10. The molecule has 0 atom stereocenters. The van der Waals surface area contributed by atoms with Crippen LogP contribution in [0.5, 0.6) is 11.5 Å². The second kappa shape index (κ2) is 9.78. The highest BCUT2D eigenvalue weighted by atomic mass is 16.5. The fourth-order valence-electron chi connectivity index (χ4n) is 2.99. The van der Waals surface area contributed by atoms with Crippen molar-refractivity contribution in [1.29, 1.82) is 0 Å². The highest BCUT2D eigenvalue weighted by molar-refractivity contribution is 5.65. The van der Waals surface area contributed by atoms with E-state index in [4.69, 9.17) is 9.47 Å². The summed E-state index contributed by atoms with van der Waals surface area (Å²) in [5.41, 5.74) is 3.57. The number of hydrogen-bond donors (Lipinski definition) is 2. The third-order valence-electron chi connectivity index (χ3n) is 4.55. The predicted octanol–water partition coefficient (Wildman–Crippen LogP) is 5.15. The van der Waals surface area contributed by atoms with Gasteiger partial charge < -0.3 is 20.1 Å². The summed E-state index contributed by atoms with van der Waals surface area (Å²) in [4.78, 5) is 8.87. The molecule has 0 fully saturated rings. The number of hydrogen-bond acceptors (Lipinski definition) is 6. The molecule has 6 nitrogen and oxygen atoms in total. The SMILES string of the molecule is COc1ccc(OCCNc2nccc(Nc3c(C)cccc3C(C)C)n2)cc1. The molecule has 3 rings (SSSR count). The van der Waals surface area contributed by atoms with E-state index in [1.807, 2.05) is 30.3 Å². The quantitative estimate of drug-likeness (QED) is 0.491. The Morgan fingerprint density at radius 3 is 2.48 bits per heavy atom. The van der Waals surface area contributed by atoms with E-state index in [1.54, 1.807) is 13.3 Å². The molecular formula is C23H28N4O2. The number of aromatic nitrogens is 2. The van der Waals surface area contributed by atoms with Gasteiger partial charge in [0.25, 0.3) is 0 Å². The molecule has 0 spiro atoms. The molecule has 0 bridgehead atoms. The molecule has 0 aliphatic rings. The Morgan fingerprint density at radius 1 is 1.00 bits per heavy atom. The van der Waals surface area contributed by atoms with Crippen LogP contribution in [0, 0.1) is 6.92 Å². The summed E-state index contributed by atoms with van der Waals surface area (Å²) in [5, 5.41) is 6.66. The monoisotopic (exact) mass is 392 g/mol. The largest absolute Gasteiger partial charge is 0.497 e. The van der Waals surface area contributed by atoms with Crippen molar-refractivity contribution in [2.24, 2.45) is 0 Å². The molecule has 2 N–H and O–H groups in total. The molecule has 29 heavy (non-hydrogen) atoms. The molecule has 3 aromatic rings. The van der Waals surface area contributed by atoms with Crippen molar-refractivity contribution in [3.05, 3.63) is 65.9 Å². The molecule has 0 amide bonds. The van der Waals surface area contributed by atoms with Gasteiger partial charge in [0, 0.05) is 11.9 Å². The van der Waals surface area contributed by atoms with Gasteiger partial charge >= 0.3 is 0 Å². The van der Waals surface area contributed by atoms with E-state index in [1.165, 1.54) is 11.1 Å². The normalized spacial score (nSPS) is 10.7. The smallest absolute Gasteiger partial charge is 0.224 e. The summed E-state index contributed by atoms with van der Waals surface area (Å²) in [7, 11) is 1.64. The fraction of sp³-hybridized carbons (Fsp3) is 0.304. The van der Waals surface area contributed by atoms with Crippen molar-refractivity contribution in [2.75, 3.05) is 30.9 Å². The number of ether oxygens (including phenoxy) is 2. The first-order valence-electron chi connectivity index (χ1n) is 9.77. The average Bonchev–Trinajstić information content (AvgIpc) is 2.73. The number of benzene rings is 2. The molecule has 152 valence electrons. The van der Waals surface area contributed by atoms with E-state index in [0.29, 0.717) is 25.0 Å². The maximum atomic E-state index is 5.72. The van der Waals surface area contributed by atoms with Crippen LogP contribution in [0.1, 0.15) is 30.9 Å². The molecule has 2 aromatic carbocycles. The molecule has 0 unspecified atom stereocenters. The maximum absolute atomic E-state index is 5.72. The van der Waals surface area contributed by atoms with E-state index in [9.17, 15) is 0 Å². The fourth-order valence-corrected chi connectivity index (χ4v) is 2.99. The molecule has 1 heterocycles. The zero-order valence-electron chi connectivity index (χ0n) is 17.4. The Labute approximate surface area is 172 Å². The average molecular weight is 393 g/mol. The second-order valence-electron chi connectivity index (χ2n) is 7.04. The van der Waals surface area contributed by atoms with Gasteiger partial charge in [0.05, 0.1) is 13.7 Å². The van der Waals surface area contributed by atoms with E-state index in [-0.39, 0.29) is 0 Å². The van der Waals surface area contributed by atoms with Crippen LogP contribution in [-0.2, 0) is 0 Å². The zero-order valence-corrected chi connectivity index (χ0v) is 17.4. The minimum atomic E-state index is 0.423. The van der Waals surface area contributed by atoms with Crippen LogP contribution in [-0.4, -0.2) is 30.2 Å². The van der Waals surface area contributed by atoms with Gasteiger partial charge in [-0.05, 0) is 54.3 Å². The summed E-state index contributed by atoms with van der Waals surface area (Å²) in [5.74, 6) is 3.35. The van der Waals surface area contributed by atoms with Gasteiger partial charge in [-0.2, -0.15) is 4.98 Å². The molecule has 0 aliphatic heterocycles. The predicted molar refractivity (Wildman–Crippen MR) is 118 cm³/mol. The van der Waals surface area contributed by atoms with Gasteiger partial charge in [0.2, 0.25) is 5.95 Å². The molecule has 0 saturated carbocycles. The van der Waals surface area contributed by atoms with Gasteiger partial charge in [0.15, 0.2) is 0 Å². The lowest BCUT2D eigenvalue weighted by atomic mass is 9.98. The van der Waals surface area contributed by atoms with E-state index < -0.39 is 0 Å². The third-order valence-corrected chi connectivity index (χ3v) is 4.55. The van der Waals surface area contributed by atoms with Crippen LogP contribution in [0.3, 0.4) is 0 Å². The van der Waals surface area contributed by atoms with Crippen molar-refractivity contribution < 1.29 is 9.47 Å². The summed E-state index contributed by atoms with van der Waals surface area (Å²) < 4.78 is 10.9. The third kappa shape index (κ3) is 5.60. The Kier molecular flexibility index (Phi) is 6.89. The first kappa shape index (κ1) is 20.5. The van der Waals surface area contributed by atoms with Crippen molar-refractivity contribution in [1.82, 2.24) is 9.97 Å². The first-order chi connectivity index (χ1) is 14.1. The number of para-hydroxylation sites is 1. The lowest BCUT2D eigenvalue weighted by Crippen LogP contribution is -2.13. The lowest BCUT2D eigenvalue weighted by molar-refractivity contribution is 0.331. The molecule has 6 heteroatoms. The van der Waals surface area contributed by atoms with Crippen LogP contribution in [0.15, 0.2) is 54.7 Å². The minimum Gasteiger partial charge on any atom is -0.497 e. The van der Waals surface area contributed by atoms with Crippen molar-refractivity contribution in [3.63, 3.8) is 0 Å². The number of anilines is 3. The summed E-state index contributed by atoms with van der Waals surface area (Å²) in [6, 6.07) is 15.7. The highest BCUT2D eigenvalue weighted by Crippen LogP contribution is 2.29. The van der Waals surface area contributed by atoms with Crippen molar-refractivity contribution >= 4 is 17.5 Å². The van der Waals surface area contributed by atoms with Gasteiger partial charge in [0.1, 0.15) is 23.9 Å². The molecule has 0 aliphatic carbocycles. The topological polar surface area (TPSA) is 68.3 Å². The maximum Gasteiger partial charge on any atom is 0.224 e. The second-order valence-corrected chi connectivity index (χ2v) is 7.04. The number of nitrogens with zero attached hydrogens (tertiary/aromatic N) is 2. The van der Waals surface area contributed by atoms with Gasteiger partial charge in [-0.25, -0.2) is 4.98 Å². The van der Waals surface area contributed by atoms with Crippen LogP contribution in [0.2, 0.25) is 0 Å². The van der Waals surface area contributed by atoms with Crippen LogP contribution < -0.4 is 20.1 Å². The standard InChI is InChI=1S/C23H28N4O2/c1-16(2)20-7-5-6-17(3)22(20)26-21-12-13-24-23(27-21)25-14-15-29-19-10-8-18(28-4)9-11-19/h5-13,16H,14-15H2,1-4H3,(H2,24,25,26,27). The zero-order chi connectivity index (χ0) is 20.6. The Morgan fingerprint density at radius 2 is 1.76 bits per heavy atom. The number of methoxy groups -OCH3 is 1. The van der Waals surface area contributed by atoms with Crippen LogP contribution >= 0.6 is 0 Å². The van der Waals surface area contributed by atoms with E-state index in [0.717, 1.165) is 23.0 Å². The summed E-state index contributed by atoms with van der Waals surface area (Å²) in [6.07, 6.45) is 1.75. The Bertz CT molecular complexity index is 926. The van der Waals surface area contributed by atoms with Gasteiger partial charge in [-0.1, -0.05) is 32.0 Å². The summed E-state index contributed by atoms with van der Waals surface area (Å²) in [6.45, 7) is 7.58. The Balaban J connectivity index is 1.57. The van der Waals surface area contributed by atoms with Gasteiger partial charge in [-0.3, -0.25) is 0 Å². The van der Waals surface area contributed by atoms with Crippen LogP contribution in [0.4, 0.5) is 17.5 Å². The molecule has 0 saturated heterocycles. The molecule has 1 aromatic heterocycles. The molecule has 0 radical (unpaired) electrons. The Hall–Kier alpha value is -3.28. The van der Waals surface area contributed by atoms with E-state index in [2.05, 4.69) is 59.6 Å². The first-order valence-corrected chi connectivity index (χ1v) is 9.77. The lowest BCUT2D eigenvalue weighted by Gasteiger charge is -2.17. The number of nitrogens with one attached hydrogen (secondary N) is 2. The number of rotatable bonds is 9. The van der Waals surface area contributed by atoms with Crippen molar-refractivity contribution in [2.45, 2.75) is 26.7 Å². The van der Waals surface area contributed by atoms with Gasteiger partial charge in [-0.15, -0.1) is 0 Å². The summed E-state index contributed by atoms with van der Waals surface area (Å²) >= 11 is 0. The van der Waals surface area contributed by atoms with Crippen LogP contribution in [0.25, 0.3) is 0 Å². The minimum absolute atomic E-state index is 0.423.